The van der Waals surface area contributed by atoms with E-state index in [1.54, 1.807) is 0 Å². The molecule has 0 saturated carbocycles. The van der Waals surface area contributed by atoms with Gasteiger partial charge in [0.2, 0.25) is 0 Å². The lowest BCUT2D eigenvalue weighted by molar-refractivity contribution is 0.197. The van der Waals surface area contributed by atoms with Gasteiger partial charge in [-0.15, -0.1) is 5.10 Å². The topological polar surface area (TPSA) is 50.1 Å². The van der Waals surface area contributed by atoms with E-state index < -0.39 is 0 Å². The van der Waals surface area contributed by atoms with Crippen molar-refractivity contribution in [3.8, 4) is 0 Å². The van der Waals surface area contributed by atoms with Crippen LogP contribution in [0.15, 0.2) is 48.7 Å². The third kappa shape index (κ3) is 2.53. The molecule has 0 bridgehead atoms. The van der Waals surface area contributed by atoms with Crippen molar-refractivity contribution < 1.29 is 0 Å². The molecule has 1 aromatic carbocycles. The summed E-state index contributed by atoms with van der Waals surface area (Å²) in [6.07, 6.45) is 1.85. The number of piperazine rings is 1. The molecule has 112 valence electrons. The molecule has 3 heterocycles. The van der Waals surface area contributed by atoms with E-state index in [2.05, 4.69) is 37.2 Å². The van der Waals surface area contributed by atoms with Crippen molar-refractivity contribution in [3.05, 3.63) is 48.7 Å². The molecule has 3 aromatic rings. The molecule has 0 unspecified atom stereocenters. The zero-order chi connectivity index (χ0) is 14.8. The van der Waals surface area contributed by atoms with E-state index in [0.29, 0.717) is 0 Å². The van der Waals surface area contributed by atoms with E-state index >= 15 is 0 Å². The maximum Gasteiger partial charge on any atom is 0.128 e. The summed E-state index contributed by atoms with van der Waals surface area (Å²) in [6.45, 7) is 4.78. The number of pyridine rings is 1. The zero-order valence-electron chi connectivity index (χ0n) is 12.3. The Bertz CT molecular complexity index is 745. The first-order valence-corrected chi connectivity index (χ1v) is 7.57. The molecule has 0 radical (unpaired) electrons. The van der Waals surface area contributed by atoms with Crippen LogP contribution in [-0.4, -0.2) is 51.1 Å². The van der Waals surface area contributed by atoms with Gasteiger partial charge in [-0.2, -0.15) is 0 Å². The first-order chi connectivity index (χ1) is 10.9. The van der Waals surface area contributed by atoms with Crippen LogP contribution in [0, 0.1) is 0 Å². The maximum atomic E-state index is 4.42. The molecule has 1 saturated heterocycles. The molecular weight excluding hydrogens is 276 g/mol. The van der Waals surface area contributed by atoms with Gasteiger partial charge in [0.05, 0.1) is 12.2 Å². The lowest BCUT2D eigenvalue weighted by atomic mass is 10.3. The summed E-state index contributed by atoms with van der Waals surface area (Å²) >= 11 is 0. The highest BCUT2D eigenvalue weighted by Crippen LogP contribution is 2.14. The van der Waals surface area contributed by atoms with Gasteiger partial charge in [-0.1, -0.05) is 23.4 Å². The molecule has 6 nitrogen and oxygen atoms in total. The van der Waals surface area contributed by atoms with Gasteiger partial charge in [-0.3, -0.25) is 4.90 Å². The molecular formula is C16H18N6. The maximum absolute atomic E-state index is 4.42. The average Bonchev–Trinajstić information content (AvgIpc) is 3.00. The van der Waals surface area contributed by atoms with Crippen LogP contribution >= 0.6 is 0 Å². The van der Waals surface area contributed by atoms with Crippen molar-refractivity contribution in [1.29, 1.82) is 0 Å². The Morgan fingerprint density at radius 1 is 0.909 bits per heavy atom. The summed E-state index contributed by atoms with van der Waals surface area (Å²) < 4.78 is 1.98. The molecule has 2 aromatic heterocycles. The Hall–Kier alpha value is -2.47. The second kappa shape index (κ2) is 5.73. The van der Waals surface area contributed by atoms with E-state index in [9.17, 15) is 0 Å². The third-order valence-corrected chi connectivity index (χ3v) is 4.10. The minimum Gasteiger partial charge on any atom is -0.354 e. The summed E-state index contributed by atoms with van der Waals surface area (Å²) in [5, 5.41) is 8.48. The fourth-order valence-corrected chi connectivity index (χ4v) is 2.87. The number of aromatic nitrogens is 4. The summed E-state index contributed by atoms with van der Waals surface area (Å²) in [4.78, 5) is 9.16. The average molecular weight is 294 g/mol. The van der Waals surface area contributed by atoms with Gasteiger partial charge in [0.1, 0.15) is 11.3 Å². The molecule has 0 N–H and O–H groups in total. The first-order valence-electron chi connectivity index (χ1n) is 7.57. The van der Waals surface area contributed by atoms with Gasteiger partial charge >= 0.3 is 0 Å². The van der Waals surface area contributed by atoms with E-state index in [1.807, 2.05) is 41.2 Å². The number of fused-ring (bicyclic) bond motifs is 1. The van der Waals surface area contributed by atoms with Crippen LogP contribution in [0.5, 0.6) is 0 Å². The van der Waals surface area contributed by atoms with Crippen LogP contribution in [0.1, 0.15) is 0 Å². The number of rotatable bonds is 3. The molecule has 0 amide bonds. The number of benzene rings is 1. The van der Waals surface area contributed by atoms with Gasteiger partial charge in [0, 0.05) is 32.4 Å². The van der Waals surface area contributed by atoms with Crippen LogP contribution < -0.4 is 4.90 Å². The number of nitrogens with zero attached hydrogens (tertiary/aromatic N) is 6. The highest BCUT2D eigenvalue weighted by molar-refractivity contribution is 5.73. The lowest BCUT2D eigenvalue weighted by Gasteiger charge is -2.35. The molecule has 0 atom stereocenters. The largest absolute Gasteiger partial charge is 0.354 e. The molecule has 4 rings (SSSR count). The zero-order valence-corrected chi connectivity index (χ0v) is 12.3. The molecule has 0 aliphatic carbocycles. The van der Waals surface area contributed by atoms with Crippen molar-refractivity contribution in [2.24, 2.45) is 0 Å². The smallest absolute Gasteiger partial charge is 0.128 e. The van der Waals surface area contributed by atoms with Gasteiger partial charge in [-0.25, -0.2) is 9.67 Å². The molecule has 6 heteroatoms. The molecule has 1 aliphatic heterocycles. The molecule has 0 spiro atoms. The Balaban J connectivity index is 1.42. The van der Waals surface area contributed by atoms with Gasteiger partial charge in [-0.05, 0) is 24.3 Å². The monoisotopic (exact) mass is 294 g/mol. The highest BCUT2D eigenvalue weighted by atomic mass is 15.5. The van der Waals surface area contributed by atoms with E-state index in [0.717, 1.165) is 49.7 Å². The first kappa shape index (κ1) is 13.2. The van der Waals surface area contributed by atoms with Gasteiger partial charge in [0.15, 0.2) is 0 Å². The minimum absolute atomic E-state index is 0.788. The van der Waals surface area contributed by atoms with Crippen molar-refractivity contribution >= 4 is 16.9 Å². The van der Waals surface area contributed by atoms with Crippen molar-refractivity contribution in [1.82, 2.24) is 24.9 Å². The predicted octanol–water partition coefficient (Wildman–Crippen LogP) is 1.61. The van der Waals surface area contributed by atoms with Crippen LogP contribution in [-0.2, 0) is 6.67 Å². The van der Waals surface area contributed by atoms with Crippen LogP contribution in [0.3, 0.4) is 0 Å². The Labute approximate surface area is 129 Å². The number of hydrogen-bond donors (Lipinski definition) is 0. The Morgan fingerprint density at radius 3 is 2.55 bits per heavy atom. The third-order valence-electron chi connectivity index (χ3n) is 4.10. The SMILES string of the molecule is c1ccc(N2CCN(Cn3nnc4ccccc43)CC2)nc1. The predicted molar refractivity (Wildman–Crippen MR) is 85.6 cm³/mol. The number of hydrogen-bond acceptors (Lipinski definition) is 5. The summed E-state index contributed by atoms with van der Waals surface area (Å²) in [5.41, 5.74) is 2.05. The van der Waals surface area contributed by atoms with Crippen molar-refractivity contribution in [2.45, 2.75) is 6.67 Å². The molecule has 22 heavy (non-hydrogen) atoms. The van der Waals surface area contributed by atoms with Crippen LogP contribution in [0.25, 0.3) is 11.0 Å². The van der Waals surface area contributed by atoms with Gasteiger partial charge in [0.25, 0.3) is 0 Å². The molecule has 1 aliphatic rings. The van der Waals surface area contributed by atoms with Crippen LogP contribution in [0.4, 0.5) is 5.82 Å². The van der Waals surface area contributed by atoms with Crippen LogP contribution in [0.2, 0.25) is 0 Å². The number of para-hydroxylation sites is 1. The normalized spacial score (nSPS) is 16.3. The fourth-order valence-electron chi connectivity index (χ4n) is 2.87. The number of anilines is 1. The standard InChI is InChI=1S/C16H18N6/c1-2-6-15-14(5-1)18-19-22(15)13-20-9-11-21(12-10-20)16-7-3-4-8-17-16/h1-8H,9-13H2. The quantitative estimate of drug-likeness (QED) is 0.734. The van der Waals surface area contributed by atoms with E-state index in [1.165, 1.54) is 0 Å². The van der Waals surface area contributed by atoms with Gasteiger partial charge < -0.3 is 4.90 Å². The second-order valence-corrected chi connectivity index (χ2v) is 5.51. The van der Waals surface area contributed by atoms with Crippen molar-refractivity contribution in [2.75, 3.05) is 31.1 Å². The Kier molecular flexibility index (Phi) is 3.44. The highest BCUT2D eigenvalue weighted by Gasteiger charge is 2.18. The summed E-state index contributed by atoms with van der Waals surface area (Å²) in [7, 11) is 0. The minimum atomic E-state index is 0.788. The van der Waals surface area contributed by atoms with Crippen molar-refractivity contribution in [3.63, 3.8) is 0 Å². The summed E-state index contributed by atoms with van der Waals surface area (Å²) in [5.74, 6) is 1.06. The molecule has 1 fully saturated rings. The summed E-state index contributed by atoms with van der Waals surface area (Å²) in [6, 6.07) is 14.2. The van der Waals surface area contributed by atoms with E-state index in [-0.39, 0.29) is 0 Å². The fraction of sp³-hybridized carbons (Fsp3) is 0.312. The Morgan fingerprint density at radius 2 is 1.73 bits per heavy atom. The second-order valence-electron chi connectivity index (χ2n) is 5.51. The van der Waals surface area contributed by atoms with E-state index in [4.69, 9.17) is 0 Å². The lowest BCUT2D eigenvalue weighted by Crippen LogP contribution is -2.47.